The van der Waals surface area contributed by atoms with Gasteiger partial charge < -0.3 is 9.67 Å². The molecule has 0 saturated carbocycles. The number of halogens is 1. The normalized spacial score (nSPS) is 12.8. The van der Waals surface area contributed by atoms with Crippen molar-refractivity contribution in [2.45, 2.75) is 13.0 Å². The van der Waals surface area contributed by atoms with Crippen molar-refractivity contribution in [3.05, 3.63) is 66.1 Å². The lowest BCUT2D eigenvalue weighted by molar-refractivity contribution is 0.199. The van der Waals surface area contributed by atoms with Crippen molar-refractivity contribution in [1.29, 1.82) is 0 Å². The highest BCUT2D eigenvalue weighted by molar-refractivity contribution is 5.82. The van der Waals surface area contributed by atoms with Crippen molar-refractivity contribution in [2.75, 3.05) is 0 Å². The molecule has 2 nitrogen and oxygen atoms in total. The van der Waals surface area contributed by atoms with Gasteiger partial charge in [0.1, 0.15) is 5.82 Å². The molecule has 2 aromatic carbocycles. The van der Waals surface area contributed by atoms with Crippen LogP contribution in [0.15, 0.2) is 54.7 Å². The summed E-state index contributed by atoms with van der Waals surface area (Å²) in [4.78, 5) is 0. The fraction of sp³-hybridized carbons (Fsp3) is 0.125. The number of benzene rings is 2. The van der Waals surface area contributed by atoms with Crippen LogP contribution in [0, 0.1) is 5.82 Å². The van der Waals surface area contributed by atoms with Crippen molar-refractivity contribution in [2.24, 2.45) is 0 Å². The highest BCUT2D eigenvalue weighted by atomic mass is 19.1. The van der Waals surface area contributed by atoms with Crippen LogP contribution in [-0.2, 0) is 0 Å². The highest BCUT2D eigenvalue weighted by Gasteiger charge is 2.06. The molecule has 1 aromatic heterocycles. The molecule has 0 saturated heterocycles. The van der Waals surface area contributed by atoms with Crippen LogP contribution in [0.25, 0.3) is 16.6 Å². The van der Waals surface area contributed by atoms with Gasteiger partial charge in [-0.25, -0.2) is 4.39 Å². The molecule has 1 N–H and O–H groups in total. The van der Waals surface area contributed by atoms with Gasteiger partial charge in [-0.05, 0) is 55.0 Å². The molecule has 0 bridgehead atoms. The van der Waals surface area contributed by atoms with Gasteiger partial charge in [0.2, 0.25) is 0 Å². The summed E-state index contributed by atoms with van der Waals surface area (Å²) < 4.78 is 14.9. The smallest absolute Gasteiger partial charge is 0.123 e. The molecule has 1 atom stereocenters. The van der Waals surface area contributed by atoms with E-state index in [-0.39, 0.29) is 5.82 Å². The molecule has 3 heteroatoms. The standard InChI is InChI=1S/C16H14FNO/c1-11(19)12-2-7-16-13(10-12)8-9-18(16)15-5-3-14(17)4-6-15/h2-11,19H,1H3. The van der Waals surface area contributed by atoms with Crippen LogP contribution in [0.2, 0.25) is 0 Å². The molecule has 19 heavy (non-hydrogen) atoms. The lowest BCUT2D eigenvalue weighted by Gasteiger charge is -2.07. The molecule has 0 aliphatic carbocycles. The molecule has 3 aromatic rings. The maximum atomic E-state index is 12.9. The first-order chi connectivity index (χ1) is 9.15. The number of rotatable bonds is 2. The quantitative estimate of drug-likeness (QED) is 0.739. The van der Waals surface area contributed by atoms with Crippen molar-refractivity contribution < 1.29 is 9.50 Å². The summed E-state index contributed by atoms with van der Waals surface area (Å²) in [6.45, 7) is 1.75. The van der Waals surface area contributed by atoms with Crippen LogP contribution in [0.4, 0.5) is 4.39 Å². The Bertz CT molecular complexity index is 713. The van der Waals surface area contributed by atoms with E-state index in [9.17, 15) is 9.50 Å². The summed E-state index contributed by atoms with van der Waals surface area (Å²) in [6.07, 6.45) is 1.47. The van der Waals surface area contributed by atoms with Gasteiger partial charge in [0.15, 0.2) is 0 Å². The number of hydrogen-bond donors (Lipinski definition) is 1. The first-order valence-corrected chi connectivity index (χ1v) is 6.20. The van der Waals surface area contributed by atoms with Gasteiger partial charge in [-0.1, -0.05) is 6.07 Å². The molecule has 3 rings (SSSR count). The molecule has 0 radical (unpaired) electrons. The average molecular weight is 255 g/mol. The minimum atomic E-state index is -0.474. The molecule has 0 aliphatic heterocycles. The van der Waals surface area contributed by atoms with Gasteiger partial charge in [0, 0.05) is 17.3 Å². The molecule has 0 spiro atoms. The molecule has 96 valence electrons. The van der Waals surface area contributed by atoms with Crippen LogP contribution in [-0.4, -0.2) is 9.67 Å². The van der Waals surface area contributed by atoms with E-state index in [4.69, 9.17) is 0 Å². The Balaban J connectivity index is 2.13. The van der Waals surface area contributed by atoms with Crippen LogP contribution < -0.4 is 0 Å². The molecular weight excluding hydrogens is 241 g/mol. The monoisotopic (exact) mass is 255 g/mol. The maximum absolute atomic E-state index is 12.9. The number of hydrogen-bond acceptors (Lipinski definition) is 1. The lowest BCUT2D eigenvalue weighted by atomic mass is 10.1. The molecule has 0 aliphatic rings. The summed E-state index contributed by atoms with van der Waals surface area (Å²) in [7, 11) is 0. The van der Waals surface area contributed by atoms with E-state index in [1.165, 1.54) is 12.1 Å². The number of aliphatic hydroxyl groups excluding tert-OH is 1. The topological polar surface area (TPSA) is 25.2 Å². The Morgan fingerprint density at radius 2 is 1.79 bits per heavy atom. The van der Waals surface area contributed by atoms with Gasteiger partial charge in [0.05, 0.1) is 11.6 Å². The predicted octanol–water partition coefficient (Wildman–Crippen LogP) is 3.82. The van der Waals surface area contributed by atoms with E-state index in [2.05, 4.69) is 0 Å². The van der Waals surface area contributed by atoms with Gasteiger partial charge in [-0.2, -0.15) is 0 Å². The van der Waals surface area contributed by atoms with Crippen molar-refractivity contribution >= 4 is 10.9 Å². The largest absolute Gasteiger partial charge is 0.389 e. The number of nitrogens with zero attached hydrogens (tertiary/aromatic N) is 1. The maximum Gasteiger partial charge on any atom is 0.123 e. The lowest BCUT2D eigenvalue weighted by Crippen LogP contribution is -1.93. The van der Waals surface area contributed by atoms with E-state index in [1.54, 1.807) is 19.1 Å². The Hall–Kier alpha value is -2.13. The van der Waals surface area contributed by atoms with Gasteiger partial charge in [-0.15, -0.1) is 0 Å². The summed E-state index contributed by atoms with van der Waals surface area (Å²) in [5.41, 5.74) is 2.85. The molecule has 1 unspecified atom stereocenters. The van der Waals surface area contributed by atoms with Crippen LogP contribution in [0.3, 0.4) is 0 Å². The second kappa shape index (κ2) is 4.52. The molecule has 1 heterocycles. The van der Waals surface area contributed by atoms with Crippen LogP contribution >= 0.6 is 0 Å². The Morgan fingerprint density at radius 3 is 2.47 bits per heavy atom. The van der Waals surface area contributed by atoms with E-state index >= 15 is 0 Å². The third-order valence-corrected chi connectivity index (χ3v) is 3.30. The van der Waals surface area contributed by atoms with E-state index in [0.29, 0.717) is 0 Å². The van der Waals surface area contributed by atoms with E-state index in [0.717, 1.165) is 22.2 Å². The summed E-state index contributed by atoms with van der Waals surface area (Å²) in [6, 6.07) is 14.2. The Morgan fingerprint density at radius 1 is 1.05 bits per heavy atom. The average Bonchev–Trinajstić information content (AvgIpc) is 2.82. The third-order valence-electron chi connectivity index (χ3n) is 3.30. The number of aliphatic hydroxyl groups is 1. The second-order valence-corrected chi connectivity index (χ2v) is 4.66. The van der Waals surface area contributed by atoms with Gasteiger partial charge in [0.25, 0.3) is 0 Å². The van der Waals surface area contributed by atoms with E-state index in [1.807, 2.05) is 35.0 Å². The number of fused-ring (bicyclic) bond motifs is 1. The molecular formula is C16H14FNO. The highest BCUT2D eigenvalue weighted by Crippen LogP contribution is 2.24. The predicted molar refractivity (Wildman–Crippen MR) is 73.9 cm³/mol. The Labute approximate surface area is 110 Å². The van der Waals surface area contributed by atoms with Gasteiger partial charge in [-0.3, -0.25) is 0 Å². The summed E-state index contributed by atoms with van der Waals surface area (Å²) in [5.74, 6) is -0.239. The molecule has 0 amide bonds. The first kappa shape index (κ1) is 11.9. The zero-order valence-corrected chi connectivity index (χ0v) is 10.5. The Kier molecular flexibility index (Phi) is 2.84. The minimum Gasteiger partial charge on any atom is -0.389 e. The zero-order chi connectivity index (χ0) is 13.4. The fourth-order valence-electron chi connectivity index (χ4n) is 2.25. The van der Waals surface area contributed by atoms with Gasteiger partial charge >= 0.3 is 0 Å². The SMILES string of the molecule is CC(O)c1ccc2c(ccn2-c2ccc(F)cc2)c1. The first-order valence-electron chi connectivity index (χ1n) is 6.20. The van der Waals surface area contributed by atoms with Crippen LogP contribution in [0.1, 0.15) is 18.6 Å². The van der Waals surface area contributed by atoms with Crippen molar-refractivity contribution in [3.63, 3.8) is 0 Å². The van der Waals surface area contributed by atoms with Crippen molar-refractivity contribution in [3.8, 4) is 5.69 Å². The minimum absolute atomic E-state index is 0.239. The van der Waals surface area contributed by atoms with Crippen molar-refractivity contribution in [1.82, 2.24) is 4.57 Å². The third kappa shape index (κ3) is 2.13. The van der Waals surface area contributed by atoms with Crippen LogP contribution in [0.5, 0.6) is 0 Å². The van der Waals surface area contributed by atoms with E-state index < -0.39 is 6.10 Å². The summed E-state index contributed by atoms with van der Waals surface area (Å²) in [5, 5.41) is 10.6. The fourth-order valence-corrected chi connectivity index (χ4v) is 2.25. The second-order valence-electron chi connectivity index (χ2n) is 4.66. The summed E-state index contributed by atoms with van der Waals surface area (Å²) >= 11 is 0. The molecule has 0 fully saturated rings. The zero-order valence-electron chi connectivity index (χ0n) is 10.5. The number of aromatic nitrogens is 1.